The Hall–Kier alpha value is -2.11. The molecule has 0 saturated carbocycles. The van der Waals surface area contributed by atoms with E-state index in [1.54, 1.807) is 0 Å². The molecule has 1 aromatic rings. The minimum atomic E-state index is 0.0326. The molecule has 0 spiro atoms. The summed E-state index contributed by atoms with van der Waals surface area (Å²) in [5, 5.41) is 7.02. The second kappa shape index (κ2) is 10.1. The number of nitrogens with zero attached hydrogens (tertiary/aromatic N) is 2. The van der Waals surface area contributed by atoms with Crippen LogP contribution in [0.4, 0.5) is 5.69 Å². The quantitative estimate of drug-likeness (QED) is 0.734. The van der Waals surface area contributed by atoms with Crippen LogP contribution in [0, 0.1) is 11.8 Å². The number of hydrogen-bond acceptors (Lipinski definition) is 4. The highest BCUT2D eigenvalue weighted by atomic mass is 35.5. The summed E-state index contributed by atoms with van der Waals surface area (Å²) in [6.07, 6.45) is 8.76. The summed E-state index contributed by atoms with van der Waals surface area (Å²) in [5.74, 6) is 1.38. The Labute approximate surface area is 178 Å². The van der Waals surface area contributed by atoms with Crippen molar-refractivity contribution in [3.63, 3.8) is 0 Å². The Kier molecular flexibility index (Phi) is 7.51. The molecule has 2 heterocycles. The number of rotatable bonds is 5. The van der Waals surface area contributed by atoms with Crippen molar-refractivity contribution < 1.29 is 4.79 Å². The molecular formula is C23H31ClN4O. The lowest BCUT2D eigenvalue weighted by molar-refractivity contribution is -0.121. The molecule has 2 aliphatic rings. The van der Waals surface area contributed by atoms with Gasteiger partial charge in [0.2, 0.25) is 5.91 Å². The fourth-order valence-electron chi connectivity index (χ4n) is 3.69. The van der Waals surface area contributed by atoms with Crippen molar-refractivity contribution in [1.82, 2.24) is 10.2 Å². The van der Waals surface area contributed by atoms with Crippen molar-refractivity contribution in [3.05, 3.63) is 53.9 Å². The van der Waals surface area contributed by atoms with Gasteiger partial charge in [-0.15, -0.1) is 0 Å². The second-order valence-corrected chi connectivity index (χ2v) is 8.55. The number of aliphatic imine (C=N–C) groups is 1. The molecule has 1 saturated heterocycles. The van der Waals surface area contributed by atoms with Gasteiger partial charge in [0.1, 0.15) is 11.0 Å². The highest BCUT2D eigenvalue weighted by Crippen LogP contribution is 2.23. The van der Waals surface area contributed by atoms with Crippen molar-refractivity contribution in [2.24, 2.45) is 16.8 Å². The van der Waals surface area contributed by atoms with E-state index in [0.29, 0.717) is 11.1 Å². The van der Waals surface area contributed by atoms with Gasteiger partial charge in [-0.3, -0.25) is 4.79 Å². The van der Waals surface area contributed by atoms with Crippen LogP contribution in [0.1, 0.15) is 44.7 Å². The molecule has 3 rings (SSSR count). The number of hydrogen-bond donors (Lipinski definition) is 2. The number of carbonyl (C=O) groups is 1. The van der Waals surface area contributed by atoms with E-state index in [2.05, 4.69) is 53.6 Å². The van der Waals surface area contributed by atoms with Crippen molar-refractivity contribution >= 4 is 28.4 Å². The van der Waals surface area contributed by atoms with Gasteiger partial charge in [0.15, 0.2) is 0 Å². The molecule has 0 aliphatic carbocycles. The van der Waals surface area contributed by atoms with Crippen LogP contribution in [0.3, 0.4) is 0 Å². The predicted molar refractivity (Wildman–Crippen MR) is 121 cm³/mol. The van der Waals surface area contributed by atoms with Crippen LogP contribution in [-0.4, -0.2) is 36.1 Å². The summed E-state index contributed by atoms with van der Waals surface area (Å²) in [6.45, 7) is 6.20. The Bertz CT molecular complexity index is 809. The molecule has 156 valence electrons. The number of carbonyl (C=O) groups excluding carboxylic acids is 1. The Morgan fingerprint density at radius 1 is 1.31 bits per heavy atom. The van der Waals surface area contributed by atoms with Gasteiger partial charge in [-0.25, -0.2) is 4.99 Å². The van der Waals surface area contributed by atoms with Gasteiger partial charge in [0.05, 0.1) is 6.04 Å². The zero-order chi connectivity index (χ0) is 20.8. The first kappa shape index (κ1) is 21.6. The summed E-state index contributed by atoms with van der Waals surface area (Å²) >= 11 is 6.16. The Balaban J connectivity index is 1.65. The van der Waals surface area contributed by atoms with Crippen LogP contribution < -0.4 is 10.6 Å². The molecule has 0 radical (unpaired) electrons. The van der Waals surface area contributed by atoms with Crippen molar-refractivity contribution in [1.29, 1.82) is 0 Å². The number of piperidine rings is 1. The van der Waals surface area contributed by atoms with Crippen LogP contribution in [0.25, 0.3) is 0 Å². The van der Waals surface area contributed by atoms with Crippen LogP contribution in [0.5, 0.6) is 0 Å². The zero-order valence-electron chi connectivity index (χ0n) is 17.5. The zero-order valence-corrected chi connectivity index (χ0v) is 18.2. The number of amides is 1. The maximum atomic E-state index is 12.6. The van der Waals surface area contributed by atoms with E-state index in [0.717, 1.165) is 49.4 Å². The Morgan fingerprint density at radius 3 is 2.83 bits per heavy atom. The second-order valence-electron chi connectivity index (χ2n) is 8.16. The SMILES string of the molecule is CC1\C=C(N[C@@H](C)c2cccc(NC(=O)C3CCN(C)CC3)c2)/N=C(Cl)/C=C/C1. The third-order valence-corrected chi connectivity index (χ3v) is 5.75. The molecule has 2 atom stereocenters. The van der Waals surface area contributed by atoms with Crippen molar-refractivity contribution in [2.45, 2.75) is 39.2 Å². The third-order valence-electron chi connectivity index (χ3n) is 5.54. The first-order chi connectivity index (χ1) is 13.9. The lowest BCUT2D eigenvalue weighted by atomic mass is 9.96. The van der Waals surface area contributed by atoms with Gasteiger partial charge in [0.25, 0.3) is 0 Å². The van der Waals surface area contributed by atoms with E-state index >= 15 is 0 Å². The molecule has 2 N–H and O–H groups in total. The summed E-state index contributed by atoms with van der Waals surface area (Å²) < 4.78 is 0. The molecule has 1 unspecified atom stereocenters. The molecule has 6 heteroatoms. The minimum Gasteiger partial charge on any atom is -0.364 e. The molecule has 2 aliphatic heterocycles. The van der Waals surface area contributed by atoms with E-state index < -0.39 is 0 Å². The number of nitrogens with one attached hydrogen (secondary N) is 2. The monoisotopic (exact) mass is 414 g/mol. The van der Waals surface area contributed by atoms with E-state index in [9.17, 15) is 4.79 Å². The summed E-state index contributed by atoms with van der Waals surface area (Å²) in [4.78, 5) is 19.4. The number of anilines is 1. The summed E-state index contributed by atoms with van der Waals surface area (Å²) in [5.41, 5.74) is 1.92. The molecular weight excluding hydrogens is 384 g/mol. The number of halogens is 1. The fourth-order valence-corrected chi connectivity index (χ4v) is 3.87. The average Bonchev–Trinajstić information content (AvgIpc) is 2.67. The van der Waals surface area contributed by atoms with E-state index in [1.165, 1.54) is 0 Å². The van der Waals surface area contributed by atoms with Gasteiger partial charge in [-0.2, -0.15) is 0 Å². The number of benzene rings is 1. The van der Waals surface area contributed by atoms with Gasteiger partial charge >= 0.3 is 0 Å². The van der Waals surface area contributed by atoms with Crippen LogP contribution in [0.15, 0.2) is 53.3 Å². The average molecular weight is 415 g/mol. The van der Waals surface area contributed by atoms with Gasteiger partial charge in [-0.05, 0) is 82.1 Å². The van der Waals surface area contributed by atoms with Crippen LogP contribution in [-0.2, 0) is 4.79 Å². The van der Waals surface area contributed by atoms with Crippen LogP contribution >= 0.6 is 11.6 Å². The molecule has 5 nitrogen and oxygen atoms in total. The largest absolute Gasteiger partial charge is 0.364 e. The normalized spacial score (nSPS) is 26.8. The molecule has 0 aromatic heterocycles. The maximum Gasteiger partial charge on any atom is 0.227 e. The van der Waals surface area contributed by atoms with Crippen molar-refractivity contribution in [3.8, 4) is 0 Å². The molecule has 1 aromatic carbocycles. The van der Waals surface area contributed by atoms with Crippen LogP contribution in [0.2, 0.25) is 0 Å². The van der Waals surface area contributed by atoms with Gasteiger partial charge in [0, 0.05) is 11.6 Å². The highest BCUT2D eigenvalue weighted by molar-refractivity contribution is 6.68. The van der Waals surface area contributed by atoms with Gasteiger partial charge in [-0.1, -0.05) is 36.7 Å². The van der Waals surface area contributed by atoms with Crippen molar-refractivity contribution in [2.75, 3.05) is 25.5 Å². The lowest BCUT2D eigenvalue weighted by Gasteiger charge is -2.28. The minimum absolute atomic E-state index is 0.0326. The summed E-state index contributed by atoms with van der Waals surface area (Å²) in [7, 11) is 2.10. The molecule has 29 heavy (non-hydrogen) atoms. The van der Waals surface area contributed by atoms with E-state index in [1.807, 2.05) is 30.4 Å². The van der Waals surface area contributed by atoms with Gasteiger partial charge < -0.3 is 15.5 Å². The lowest BCUT2D eigenvalue weighted by Crippen LogP contribution is -2.35. The summed E-state index contributed by atoms with van der Waals surface area (Å²) in [6, 6.07) is 8.04. The third kappa shape index (κ3) is 6.44. The molecule has 1 fully saturated rings. The standard InChI is InChI=1S/C23H31ClN4O/c1-16-6-4-9-21(24)27-22(14-16)25-17(2)19-7-5-8-20(15-19)26-23(29)18-10-12-28(3)13-11-18/h4-5,7-9,14-18,25H,6,10-13H2,1-3H3,(H,26,29)/b9-4+,22-14-,27-21-/t16?,17-/m0/s1. The topological polar surface area (TPSA) is 56.7 Å². The highest BCUT2D eigenvalue weighted by Gasteiger charge is 2.23. The van der Waals surface area contributed by atoms with E-state index in [4.69, 9.17) is 11.6 Å². The smallest absolute Gasteiger partial charge is 0.227 e. The number of likely N-dealkylation sites (tertiary alicyclic amines) is 1. The fraction of sp³-hybridized carbons (Fsp3) is 0.478. The number of allylic oxidation sites excluding steroid dienone is 3. The predicted octanol–water partition coefficient (Wildman–Crippen LogP) is 4.69. The first-order valence-electron chi connectivity index (χ1n) is 10.4. The van der Waals surface area contributed by atoms with E-state index in [-0.39, 0.29) is 17.9 Å². The Morgan fingerprint density at radius 2 is 2.07 bits per heavy atom. The maximum absolute atomic E-state index is 12.6. The molecule has 0 bridgehead atoms. The first-order valence-corrected chi connectivity index (χ1v) is 10.8. The molecule has 1 amide bonds.